The molecule has 2 aromatic rings. The minimum absolute atomic E-state index is 0.206. The number of benzene rings is 1. The van der Waals surface area contributed by atoms with Crippen LogP contribution in [0.5, 0.6) is 0 Å². The molecule has 1 aromatic carbocycles. The largest absolute Gasteiger partial charge is 0.365 e. The van der Waals surface area contributed by atoms with Gasteiger partial charge in [-0.05, 0) is 59.9 Å². The Balaban J connectivity index is 1.81. The van der Waals surface area contributed by atoms with Crippen molar-refractivity contribution in [3.8, 4) is 0 Å². The predicted molar refractivity (Wildman–Crippen MR) is 117 cm³/mol. The second-order valence-electron chi connectivity index (χ2n) is 8.26. The fraction of sp³-hybridized carbons (Fsp3) is 0.364. The Kier molecular flexibility index (Phi) is 5.96. The van der Waals surface area contributed by atoms with E-state index in [4.69, 9.17) is 17.3 Å². The SMILES string of the molecule is CC(C)(C)C1CCc2c(sc(NC(=O)/C=C/c3cccc(Cl)c3)c2C(N)=O)C1. The standard InChI is InChI=1S/C22H25ClN2O2S/c1-22(2,3)14-8-9-16-17(12-14)28-21(19(16)20(24)27)25-18(26)10-7-13-5-4-6-15(23)11-13/h4-7,10-11,14H,8-9,12H2,1-3H3,(H2,24,27)(H,25,26)/b10-7+. The Hall–Kier alpha value is -2.11. The molecule has 0 radical (unpaired) electrons. The van der Waals surface area contributed by atoms with Crippen LogP contribution >= 0.6 is 22.9 Å². The maximum atomic E-state index is 12.4. The minimum atomic E-state index is -0.485. The molecule has 1 aliphatic carbocycles. The molecule has 1 aromatic heterocycles. The molecule has 0 saturated carbocycles. The highest BCUT2D eigenvalue weighted by atomic mass is 35.5. The van der Waals surface area contributed by atoms with Gasteiger partial charge in [0, 0.05) is 16.0 Å². The molecule has 3 rings (SSSR count). The van der Waals surface area contributed by atoms with Crippen molar-refractivity contribution >= 4 is 45.8 Å². The Morgan fingerprint density at radius 1 is 1.32 bits per heavy atom. The van der Waals surface area contributed by atoms with Gasteiger partial charge >= 0.3 is 0 Å². The first-order valence-electron chi connectivity index (χ1n) is 9.34. The van der Waals surface area contributed by atoms with E-state index in [2.05, 4.69) is 26.1 Å². The topological polar surface area (TPSA) is 72.2 Å². The summed E-state index contributed by atoms with van der Waals surface area (Å²) in [7, 11) is 0. The van der Waals surface area contributed by atoms with Gasteiger partial charge in [-0.15, -0.1) is 11.3 Å². The van der Waals surface area contributed by atoms with E-state index in [1.54, 1.807) is 18.2 Å². The number of rotatable bonds is 4. The summed E-state index contributed by atoms with van der Waals surface area (Å²) >= 11 is 7.44. The third-order valence-corrected chi connectivity index (χ3v) is 6.65. The molecule has 6 heteroatoms. The van der Waals surface area contributed by atoms with E-state index < -0.39 is 5.91 Å². The quantitative estimate of drug-likeness (QED) is 0.663. The second kappa shape index (κ2) is 8.10. The van der Waals surface area contributed by atoms with Crippen molar-refractivity contribution in [2.24, 2.45) is 17.1 Å². The lowest BCUT2D eigenvalue weighted by molar-refractivity contribution is -0.111. The van der Waals surface area contributed by atoms with Gasteiger partial charge in [0.2, 0.25) is 5.91 Å². The van der Waals surface area contributed by atoms with Gasteiger partial charge in [-0.25, -0.2) is 0 Å². The Morgan fingerprint density at radius 2 is 2.07 bits per heavy atom. The summed E-state index contributed by atoms with van der Waals surface area (Å²) in [5, 5.41) is 4.00. The predicted octanol–water partition coefficient (Wildman–Crippen LogP) is 5.30. The van der Waals surface area contributed by atoms with Crippen molar-refractivity contribution in [3.05, 3.63) is 56.9 Å². The van der Waals surface area contributed by atoms with Gasteiger partial charge < -0.3 is 11.1 Å². The number of nitrogens with two attached hydrogens (primary N) is 1. The van der Waals surface area contributed by atoms with Crippen LogP contribution < -0.4 is 11.1 Å². The zero-order chi connectivity index (χ0) is 20.5. The van der Waals surface area contributed by atoms with Gasteiger partial charge in [0.05, 0.1) is 5.56 Å². The molecule has 2 amide bonds. The van der Waals surface area contributed by atoms with Crippen molar-refractivity contribution in [3.63, 3.8) is 0 Å². The number of primary amides is 1. The Bertz CT molecular complexity index is 940. The molecule has 0 spiro atoms. The lowest BCUT2D eigenvalue weighted by atomic mass is 9.72. The van der Waals surface area contributed by atoms with Crippen LogP contribution in [0.2, 0.25) is 5.02 Å². The molecule has 1 unspecified atom stereocenters. The summed E-state index contributed by atoms with van der Waals surface area (Å²) in [5.41, 5.74) is 8.16. The number of halogens is 1. The smallest absolute Gasteiger partial charge is 0.251 e. The van der Waals surface area contributed by atoms with Crippen molar-refractivity contribution in [2.45, 2.75) is 40.0 Å². The summed E-state index contributed by atoms with van der Waals surface area (Å²) in [6.07, 6.45) is 5.88. The van der Waals surface area contributed by atoms with E-state index in [1.807, 2.05) is 12.1 Å². The molecule has 1 heterocycles. The van der Waals surface area contributed by atoms with Crippen LogP contribution in [0.15, 0.2) is 30.3 Å². The van der Waals surface area contributed by atoms with Gasteiger partial charge in [0.1, 0.15) is 5.00 Å². The van der Waals surface area contributed by atoms with Gasteiger partial charge in [-0.2, -0.15) is 0 Å². The first-order valence-corrected chi connectivity index (χ1v) is 10.5. The zero-order valence-electron chi connectivity index (χ0n) is 16.3. The number of anilines is 1. The van der Waals surface area contributed by atoms with E-state index in [-0.39, 0.29) is 11.3 Å². The summed E-state index contributed by atoms with van der Waals surface area (Å²) in [5.74, 6) is -0.236. The normalized spacial score (nSPS) is 16.8. The molecular formula is C22H25ClN2O2S. The first kappa shape index (κ1) is 20.6. The Labute approximate surface area is 174 Å². The third kappa shape index (κ3) is 4.65. The van der Waals surface area contributed by atoms with Crippen molar-refractivity contribution < 1.29 is 9.59 Å². The van der Waals surface area contributed by atoms with Crippen LogP contribution in [0.3, 0.4) is 0 Å². The summed E-state index contributed by atoms with van der Waals surface area (Å²) in [6, 6.07) is 7.24. The molecule has 1 aliphatic rings. The molecule has 0 aliphatic heterocycles. The van der Waals surface area contributed by atoms with Gasteiger partial charge in [0.15, 0.2) is 0 Å². The number of thiophene rings is 1. The van der Waals surface area contributed by atoms with Gasteiger partial charge in [-0.1, -0.05) is 44.5 Å². The van der Waals surface area contributed by atoms with Crippen molar-refractivity contribution in [1.82, 2.24) is 0 Å². The molecule has 0 bridgehead atoms. The van der Waals surface area contributed by atoms with E-state index in [1.165, 1.54) is 17.4 Å². The number of carbonyl (C=O) groups is 2. The van der Waals surface area contributed by atoms with Gasteiger partial charge in [-0.3, -0.25) is 9.59 Å². The highest BCUT2D eigenvalue weighted by Gasteiger charge is 2.33. The maximum Gasteiger partial charge on any atom is 0.251 e. The molecule has 3 N–H and O–H groups in total. The zero-order valence-corrected chi connectivity index (χ0v) is 17.9. The average molecular weight is 417 g/mol. The summed E-state index contributed by atoms with van der Waals surface area (Å²) in [4.78, 5) is 25.6. The Morgan fingerprint density at radius 3 is 2.71 bits per heavy atom. The third-order valence-electron chi connectivity index (χ3n) is 5.25. The van der Waals surface area contributed by atoms with Crippen LogP contribution in [-0.2, 0) is 17.6 Å². The van der Waals surface area contributed by atoms with Crippen LogP contribution in [0, 0.1) is 11.3 Å². The number of hydrogen-bond donors (Lipinski definition) is 2. The van der Waals surface area contributed by atoms with Crippen LogP contribution in [0.25, 0.3) is 6.08 Å². The van der Waals surface area contributed by atoms with Crippen LogP contribution in [0.4, 0.5) is 5.00 Å². The maximum absolute atomic E-state index is 12.4. The van der Waals surface area contributed by atoms with E-state index in [0.717, 1.165) is 35.3 Å². The van der Waals surface area contributed by atoms with E-state index >= 15 is 0 Å². The van der Waals surface area contributed by atoms with E-state index in [0.29, 0.717) is 21.5 Å². The van der Waals surface area contributed by atoms with Crippen LogP contribution in [-0.4, -0.2) is 11.8 Å². The number of fused-ring (bicyclic) bond motifs is 1. The molecule has 0 fully saturated rings. The van der Waals surface area contributed by atoms with Crippen molar-refractivity contribution in [2.75, 3.05) is 5.32 Å². The van der Waals surface area contributed by atoms with E-state index in [9.17, 15) is 9.59 Å². The molecule has 4 nitrogen and oxygen atoms in total. The lowest BCUT2D eigenvalue weighted by Crippen LogP contribution is -2.27. The minimum Gasteiger partial charge on any atom is -0.365 e. The molecule has 148 valence electrons. The first-order chi connectivity index (χ1) is 13.1. The molecule has 28 heavy (non-hydrogen) atoms. The fourth-order valence-electron chi connectivity index (χ4n) is 3.61. The average Bonchev–Trinajstić information content (AvgIpc) is 2.96. The number of amides is 2. The van der Waals surface area contributed by atoms with Crippen molar-refractivity contribution in [1.29, 1.82) is 0 Å². The fourth-order valence-corrected chi connectivity index (χ4v) is 5.14. The molecular weight excluding hydrogens is 392 g/mol. The number of nitrogens with one attached hydrogen (secondary N) is 1. The number of carbonyl (C=O) groups excluding carboxylic acids is 2. The summed E-state index contributed by atoms with van der Waals surface area (Å²) < 4.78 is 0. The second-order valence-corrected chi connectivity index (χ2v) is 9.80. The lowest BCUT2D eigenvalue weighted by Gasteiger charge is -2.33. The summed E-state index contributed by atoms with van der Waals surface area (Å²) in [6.45, 7) is 6.73. The highest BCUT2D eigenvalue weighted by Crippen LogP contribution is 2.44. The van der Waals surface area contributed by atoms with Crippen LogP contribution in [0.1, 0.15) is 53.6 Å². The molecule has 0 saturated heterocycles. The monoisotopic (exact) mass is 416 g/mol. The number of hydrogen-bond acceptors (Lipinski definition) is 3. The highest BCUT2D eigenvalue weighted by molar-refractivity contribution is 7.17. The van der Waals surface area contributed by atoms with Gasteiger partial charge in [0.25, 0.3) is 5.91 Å². The molecule has 1 atom stereocenters.